The maximum Gasteiger partial charge on any atom is 0.269 e. The lowest BCUT2D eigenvalue weighted by atomic mass is 9.87. The number of benzene rings is 3. The number of nitro groups is 1. The van der Waals surface area contributed by atoms with Crippen LogP contribution in [0.1, 0.15) is 32.3 Å². The van der Waals surface area contributed by atoms with E-state index < -0.39 is 22.9 Å². The fourth-order valence-electron chi connectivity index (χ4n) is 3.44. The largest absolute Gasteiger partial charge is 0.375 e. The maximum absolute atomic E-state index is 13.2. The molecule has 2 N–H and O–H groups in total. The first-order valence-corrected chi connectivity index (χ1v) is 9.04. The summed E-state index contributed by atoms with van der Waals surface area (Å²) in [5, 5.41) is 17.0. The summed E-state index contributed by atoms with van der Waals surface area (Å²) in [6.45, 7) is 0. The SMILES string of the molecule is O=C(N[C@H]1C(=O)c2ccccc2N[C@H]1c1ccccc1)c1ccc([N+](=O)[O-])cc1. The first kappa shape index (κ1) is 18.4. The number of rotatable bonds is 4. The number of carbonyl (C=O) groups excluding carboxylic acids is 2. The van der Waals surface area contributed by atoms with Crippen LogP contribution in [-0.4, -0.2) is 22.7 Å². The number of non-ortho nitro benzene ring substituents is 1. The molecule has 0 fully saturated rings. The summed E-state index contributed by atoms with van der Waals surface area (Å²) in [4.78, 5) is 36.2. The van der Waals surface area contributed by atoms with Crippen molar-refractivity contribution >= 4 is 23.1 Å². The van der Waals surface area contributed by atoms with Gasteiger partial charge in [-0.25, -0.2) is 0 Å². The van der Waals surface area contributed by atoms with E-state index in [9.17, 15) is 19.7 Å². The number of nitrogens with zero attached hydrogens (tertiary/aromatic N) is 1. The highest BCUT2D eigenvalue weighted by molar-refractivity contribution is 6.09. The molecule has 1 aliphatic heterocycles. The van der Waals surface area contributed by atoms with Crippen LogP contribution in [0.25, 0.3) is 0 Å². The van der Waals surface area contributed by atoms with Gasteiger partial charge in [-0.15, -0.1) is 0 Å². The van der Waals surface area contributed by atoms with E-state index in [1.54, 1.807) is 12.1 Å². The fourth-order valence-corrected chi connectivity index (χ4v) is 3.44. The molecule has 29 heavy (non-hydrogen) atoms. The van der Waals surface area contributed by atoms with Gasteiger partial charge in [0.15, 0.2) is 5.78 Å². The topological polar surface area (TPSA) is 101 Å². The Morgan fingerprint density at radius 2 is 1.59 bits per heavy atom. The summed E-state index contributed by atoms with van der Waals surface area (Å²) in [5.74, 6) is -0.663. The average Bonchev–Trinajstić information content (AvgIpc) is 2.76. The number of hydrogen-bond acceptors (Lipinski definition) is 5. The van der Waals surface area contributed by atoms with Gasteiger partial charge in [0.2, 0.25) is 0 Å². The number of Topliss-reactive ketones (excluding diaryl/α,β-unsaturated/α-hetero) is 1. The Morgan fingerprint density at radius 3 is 2.28 bits per heavy atom. The van der Waals surface area contributed by atoms with E-state index in [1.807, 2.05) is 42.5 Å². The van der Waals surface area contributed by atoms with Gasteiger partial charge in [0, 0.05) is 28.9 Å². The van der Waals surface area contributed by atoms with Gasteiger partial charge in [-0.3, -0.25) is 19.7 Å². The van der Waals surface area contributed by atoms with E-state index in [4.69, 9.17) is 0 Å². The van der Waals surface area contributed by atoms with Crippen LogP contribution in [0.4, 0.5) is 11.4 Å². The molecule has 3 aromatic rings. The first-order valence-electron chi connectivity index (χ1n) is 9.04. The highest BCUT2D eigenvalue weighted by atomic mass is 16.6. The van der Waals surface area contributed by atoms with Gasteiger partial charge in [0.05, 0.1) is 11.0 Å². The minimum absolute atomic E-state index is 0.104. The van der Waals surface area contributed by atoms with Gasteiger partial charge in [-0.2, -0.15) is 0 Å². The van der Waals surface area contributed by atoms with Crippen molar-refractivity contribution in [2.75, 3.05) is 5.32 Å². The zero-order chi connectivity index (χ0) is 20.4. The summed E-state index contributed by atoms with van der Waals surface area (Å²) in [6, 6.07) is 20.6. The molecule has 7 heteroatoms. The van der Waals surface area contributed by atoms with E-state index in [0.29, 0.717) is 11.3 Å². The molecule has 0 bridgehead atoms. The molecule has 0 saturated carbocycles. The average molecular weight is 387 g/mol. The van der Waals surface area contributed by atoms with Crippen LogP contribution in [0.2, 0.25) is 0 Å². The molecule has 1 aliphatic rings. The Labute approximate surface area is 166 Å². The van der Waals surface area contributed by atoms with Crippen molar-refractivity contribution in [2.45, 2.75) is 12.1 Å². The molecule has 0 radical (unpaired) electrons. The third-order valence-electron chi connectivity index (χ3n) is 4.90. The second kappa shape index (κ2) is 7.55. The van der Waals surface area contributed by atoms with Crippen LogP contribution < -0.4 is 10.6 Å². The third kappa shape index (κ3) is 3.58. The van der Waals surface area contributed by atoms with Crippen molar-refractivity contribution in [2.24, 2.45) is 0 Å². The lowest BCUT2D eigenvalue weighted by Crippen LogP contribution is -2.49. The van der Waals surface area contributed by atoms with Crippen molar-refractivity contribution in [3.05, 3.63) is 106 Å². The van der Waals surface area contributed by atoms with Crippen molar-refractivity contribution in [1.29, 1.82) is 0 Å². The Kier molecular flexibility index (Phi) is 4.78. The number of fused-ring (bicyclic) bond motifs is 1. The van der Waals surface area contributed by atoms with E-state index in [2.05, 4.69) is 10.6 Å². The van der Waals surface area contributed by atoms with Crippen LogP contribution in [0, 0.1) is 10.1 Å². The molecule has 3 aromatic carbocycles. The number of hydrogen-bond donors (Lipinski definition) is 2. The van der Waals surface area contributed by atoms with Crippen LogP contribution in [-0.2, 0) is 0 Å². The summed E-state index contributed by atoms with van der Waals surface area (Å²) in [7, 11) is 0. The maximum atomic E-state index is 13.2. The number of para-hydroxylation sites is 1. The van der Waals surface area contributed by atoms with Gasteiger partial charge >= 0.3 is 0 Å². The second-order valence-corrected chi connectivity index (χ2v) is 6.70. The lowest BCUT2D eigenvalue weighted by Gasteiger charge is -2.34. The van der Waals surface area contributed by atoms with E-state index in [-0.39, 0.29) is 17.0 Å². The number of nitro benzene ring substituents is 1. The molecule has 144 valence electrons. The van der Waals surface area contributed by atoms with Crippen LogP contribution in [0.3, 0.4) is 0 Å². The monoisotopic (exact) mass is 387 g/mol. The van der Waals surface area contributed by atoms with Crippen LogP contribution in [0.5, 0.6) is 0 Å². The van der Waals surface area contributed by atoms with Crippen LogP contribution >= 0.6 is 0 Å². The van der Waals surface area contributed by atoms with Crippen LogP contribution in [0.15, 0.2) is 78.9 Å². The second-order valence-electron chi connectivity index (χ2n) is 6.70. The molecule has 0 spiro atoms. The molecule has 2 atom stereocenters. The minimum atomic E-state index is -0.824. The molecule has 0 unspecified atom stereocenters. The summed E-state index contributed by atoms with van der Waals surface area (Å²) in [5.41, 5.74) is 2.23. The molecule has 0 saturated heterocycles. The molecule has 4 rings (SSSR count). The summed E-state index contributed by atoms with van der Waals surface area (Å²) < 4.78 is 0. The zero-order valence-corrected chi connectivity index (χ0v) is 15.2. The van der Waals surface area contributed by atoms with Gasteiger partial charge in [0.25, 0.3) is 11.6 Å². The highest BCUT2D eigenvalue weighted by Gasteiger charge is 2.37. The van der Waals surface area contributed by atoms with Gasteiger partial charge < -0.3 is 10.6 Å². The molecular weight excluding hydrogens is 370 g/mol. The number of anilines is 1. The van der Waals surface area contributed by atoms with Gasteiger partial charge in [-0.05, 0) is 29.8 Å². The summed E-state index contributed by atoms with van der Waals surface area (Å²) >= 11 is 0. The number of nitrogens with one attached hydrogen (secondary N) is 2. The van der Waals surface area contributed by atoms with Crippen molar-refractivity contribution < 1.29 is 14.5 Å². The molecule has 0 aliphatic carbocycles. The Bertz CT molecular complexity index is 1080. The fraction of sp³-hybridized carbons (Fsp3) is 0.0909. The van der Waals surface area contributed by atoms with Crippen molar-refractivity contribution in [3.8, 4) is 0 Å². The van der Waals surface area contributed by atoms with Crippen molar-refractivity contribution in [3.63, 3.8) is 0 Å². The molecule has 1 amide bonds. The van der Waals surface area contributed by atoms with E-state index in [1.165, 1.54) is 24.3 Å². The predicted octanol–water partition coefficient (Wildman–Crippen LogP) is 3.74. The number of ketones is 1. The highest BCUT2D eigenvalue weighted by Crippen LogP contribution is 2.33. The summed E-state index contributed by atoms with van der Waals surface area (Å²) in [6.07, 6.45) is 0. The normalized spacial score (nSPS) is 17.7. The first-order chi connectivity index (χ1) is 14.0. The number of amides is 1. The van der Waals surface area contributed by atoms with E-state index in [0.717, 1.165) is 5.56 Å². The smallest absolute Gasteiger partial charge is 0.269 e. The van der Waals surface area contributed by atoms with Crippen molar-refractivity contribution in [1.82, 2.24) is 5.32 Å². The van der Waals surface area contributed by atoms with E-state index >= 15 is 0 Å². The molecule has 7 nitrogen and oxygen atoms in total. The standard InChI is InChI=1S/C22H17N3O4/c26-21-17-8-4-5-9-18(17)23-19(14-6-2-1-3-7-14)20(21)24-22(27)15-10-12-16(13-11-15)25(28)29/h1-13,19-20,23H,(H,24,27)/t19-,20+/m0/s1. The quantitative estimate of drug-likeness (QED) is 0.524. The Morgan fingerprint density at radius 1 is 0.931 bits per heavy atom. The molecule has 1 heterocycles. The molecular formula is C22H17N3O4. The van der Waals surface area contributed by atoms with Gasteiger partial charge in [-0.1, -0.05) is 42.5 Å². The minimum Gasteiger partial charge on any atom is -0.375 e. The Balaban J connectivity index is 1.66. The number of carbonyl (C=O) groups is 2. The van der Waals surface area contributed by atoms with Gasteiger partial charge in [0.1, 0.15) is 6.04 Å². The Hall–Kier alpha value is -4.00. The predicted molar refractivity (Wildman–Crippen MR) is 108 cm³/mol. The third-order valence-corrected chi connectivity index (χ3v) is 4.90. The molecule has 0 aromatic heterocycles. The zero-order valence-electron chi connectivity index (χ0n) is 15.2. The lowest BCUT2D eigenvalue weighted by molar-refractivity contribution is -0.384.